The third kappa shape index (κ3) is 5.30. The second-order valence-corrected chi connectivity index (χ2v) is 13.1. The fraction of sp³-hybridized carbons (Fsp3) is 0.793. The van der Waals surface area contributed by atoms with Crippen molar-refractivity contribution in [2.45, 2.75) is 109 Å². The smallest absolute Gasteiger partial charge is 0.337 e. The number of amides is 1. The van der Waals surface area contributed by atoms with E-state index in [0.717, 1.165) is 13.8 Å². The monoisotopic (exact) mass is 615 g/mol. The van der Waals surface area contributed by atoms with Gasteiger partial charge in [-0.05, 0) is 37.3 Å². The van der Waals surface area contributed by atoms with Crippen LogP contribution in [-0.2, 0) is 28.7 Å². The zero-order chi connectivity index (χ0) is 33.0. The van der Waals surface area contributed by atoms with Crippen LogP contribution in [0.3, 0.4) is 0 Å². The molecule has 0 heterocycles. The number of carbonyl (C=O) groups excluding carboxylic acids is 4. The molecule has 0 radical (unpaired) electrons. The van der Waals surface area contributed by atoms with E-state index in [1.54, 1.807) is 0 Å². The van der Waals surface area contributed by atoms with Crippen LogP contribution in [0.5, 0.6) is 0 Å². The van der Waals surface area contributed by atoms with Crippen LogP contribution in [0, 0.1) is 22.7 Å². The number of nitrogens with one attached hydrogen (secondary N) is 1. The normalized spacial score (nSPS) is 40.4. The maximum absolute atomic E-state index is 14.2. The molecule has 3 aliphatic rings. The lowest BCUT2D eigenvalue weighted by Gasteiger charge is -2.64. The van der Waals surface area contributed by atoms with Crippen molar-refractivity contribution >= 4 is 23.6 Å². The van der Waals surface area contributed by atoms with E-state index < -0.39 is 114 Å². The molecule has 0 saturated heterocycles. The summed E-state index contributed by atoms with van der Waals surface area (Å²) in [6, 6.07) is -1.43. The summed E-state index contributed by atoms with van der Waals surface area (Å²) in [7, 11) is 0. The highest BCUT2D eigenvalue weighted by molar-refractivity contribution is 5.93. The summed E-state index contributed by atoms with van der Waals surface area (Å²) >= 11 is 0. The number of aliphatic hydroxyl groups excluding tert-OH is 5. The number of esters is 2. The largest absolute Gasteiger partial charge is 0.459 e. The third-order valence-electron chi connectivity index (χ3n) is 10.3. The maximum Gasteiger partial charge on any atom is 0.337 e. The molecule has 2 saturated carbocycles. The van der Waals surface area contributed by atoms with E-state index in [1.807, 2.05) is 0 Å². The highest BCUT2D eigenvalue weighted by Gasteiger charge is 2.73. The summed E-state index contributed by atoms with van der Waals surface area (Å²) in [6.45, 7) is 7.60. The Morgan fingerprint density at radius 3 is 2.14 bits per heavy atom. The number of Topliss-reactive ketones (excluding diaryl/α,β-unsaturated/α-hetero) is 1. The molecule has 3 aliphatic carbocycles. The lowest BCUT2D eigenvalue weighted by molar-refractivity contribution is -0.280. The number of aliphatic hydroxyl groups is 7. The topological polar surface area (TPSA) is 240 Å². The van der Waals surface area contributed by atoms with Crippen LogP contribution in [0.25, 0.3) is 0 Å². The van der Waals surface area contributed by atoms with Crippen LogP contribution in [0.2, 0.25) is 0 Å². The molecular formula is C29H45NO13. The van der Waals surface area contributed by atoms with Crippen LogP contribution in [0.1, 0.15) is 61.3 Å². The van der Waals surface area contributed by atoms with Gasteiger partial charge in [-0.15, -0.1) is 0 Å². The van der Waals surface area contributed by atoms with Gasteiger partial charge in [-0.2, -0.15) is 0 Å². The van der Waals surface area contributed by atoms with Crippen LogP contribution >= 0.6 is 0 Å². The fourth-order valence-corrected chi connectivity index (χ4v) is 7.62. The zero-order valence-corrected chi connectivity index (χ0v) is 25.5. The van der Waals surface area contributed by atoms with Crippen molar-refractivity contribution in [1.29, 1.82) is 0 Å². The molecule has 8 N–H and O–H groups in total. The molecule has 2 fully saturated rings. The zero-order valence-electron chi connectivity index (χ0n) is 25.5. The molecule has 0 aliphatic heterocycles. The van der Waals surface area contributed by atoms with Crippen molar-refractivity contribution in [3.63, 3.8) is 0 Å². The van der Waals surface area contributed by atoms with Gasteiger partial charge in [0.1, 0.15) is 23.9 Å². The lowest BCUT2D eigenvalue weighted by Crippen LogP contribution is -2.76. The second-order valence-electron chi connectivity index (χ2n) is 13.1. The minimum Gasteiger partial charge on any atom is -0.459 e. The molecule has 14 nitrogen and oxygen atoms in total. The van der Waals surface area contributed by atoms with E-state index in [4.69, 9.17) is 9.47 Å². The predicted molar refractivity (Wildman–Crippen MR) is 147 cm³/mol. The first-order chi connectivity index (χ1) is 19.7. The highest BCUT2D eigenvalue weighted by Crippen LogP contribution is 2.62. The Morgan fingerprint density at radius 2 is 1.65 bits per heavy atom. The summed E-state index contributed by atoms with van der Waals surface area (Å²) in [4.78, 5) is 51.3. The Labute approximate surface area is 249 Å². The fourth-order valence-electron chi connectivity index (χ4n) is 7.62. The summed E-state index contributed by atoms with van der Waals surface area (Å²) in [5, 5.41) is 80.4. The van der Waals surface area contributed by atoms with Gasteiger partial charge in [-0.3, -0.25) is 14.4 Å². The molecule has 2 bridgehead atoms. The van der Waals surface area contributed by atoms with Crippen LogP contribution in [0.15, 0.2) is 11.1 Å². The van der Waals surface area contributed by atoms with Gasteiger partial charge in [-0.1, -0.05) is 20.8 Å². The molecule has 11 atom stereocenters. The first kappa shape index (κ1) is 35.0. The Bertz CT molecular complexity index is 1180. The van der Waals surface area contributed by atoms with Crippen molar-refractivity contribution in [3.8, 4) is 0 Å². The SMILES string of the molecule is CC(=O)N[C@@H](CO)[C@@H](O)C(=O)O[C@H]1C[C@@]2(O)[C@@H](OC(C)=O)[C@@H]3[C@](O)(CO)[C@H](C)C[C@H](O)[C@@]3(C)C(=O)[C@H](O)C(=C1C)C2(C)C. The van der Waals surface area contributed by atoms with Gasteiger partial charge >= 0.3 is 11.9 Å². The van der Waals surface area contributed by atoms with Crippen molar-refractivity contribution in [2.24, 2.45) is 22.7 Å². The number of ketones is 1. The molecule has 0 unspecified atom stereocenters. The van der Waals surface area contributed by atoms with Crippen molar-refractivity contribution in [3.05, 3.63) is 11.1 Å². The average Bonchev–Trinajstić information content (AvgIpc) is 2.91. The minimum atomic E-state index is -2.31. The number of rotatable bonds is 7. The minimum absolute atomic E-state index is 0.0886. The molecule has 0 aromatic carbocycles. The first-order valence-corrected chi connectivity index (χ1v) is 14.3. The Balaban J connectivity index is 2.30. The predicted octanol–water partition coefficient (Wildman–Crippen LogP) is -2.14. The quantitative estimate of drug-likeness (QED) is 0.113. The van der Waals surface area contributed by atoms with Crippen molar-refractivity contribution in [2.75, 3.05) is 13.2 Å². The van der Waals surface area contributed by atoms with E-state index >= 15 is 0 Å². The van der Waals surface area contributed by atoms with E-state index in [-0.39, 0.29) is 17.6 Å². The van der Waals surface area contributed by atoms with Gasteiger partial charge in [0, 0.05) is 31.6 Å². The molecule has 244 valence electrons. The van der Waals surface area contributed by atoms with Gasteiger partial charge in [-0.25, -0.2) is 4.79 Å². The summed E-state index contributed by atoms with van der Waals surface area (Å²) in [5.74, 6) is -6.36. The number of fused-ring (bicyclic) bond motifs is 3. The molecule has 3 rings (SSSR count). The van der Waals surface area contributed by atoms with E-state index in [2.05, 4.69) is 5.32 Å². The maximum atomic E-state index is 14.2. The van der Waals surface area contributed by atoms with Crippen LogP contribution in [0.4, 0.5) is 0 Å². The Morgan fingerprint density at radius 1 is 1.07 bits per heavy atom. The Kier molecular flexibility index (Phi) is 9.61. The van der Waals surface area contributed by atoms with Gasteiger partial charge in [0.15, 0.2) is 11.9 Å². The van der Waals surface area contributed by atoms with Crippen LogP contribution < -0.4 is 5.32 Å². The van der Waals surface area contributed by atoms with Crippen LogP contribution in [-0.4, -0.2) is 120 Å². The third-order valence-corrected chi connectivity index (χ3v) is 10.3. The van der Waals surface area contributed by atoms with Crippen molar-refractivity contribution in [1.82, 2.24) is 5.32 Å². The Hall–Kier alpha value is -2.46. The number of hydrogen-bond acceptors (Lipinski definition) is 13. The van der Waals surface area contributed by atoms with Crippen molar-refractivity contribution < 1.29 is 64.4 Å². The lowest BCUT2D eigenvalue weighted by atomic mass is 9.44. The molecule has 43 heavy (non-hydrogen) atoms. The molecule has 0 aromatic heterocycles. The second kappa shape index (κ2) is 11.8. The number of ether oxygens (including phenoxy) is 2. The molecule has 14 heteroatoms. The molecule has 1 amide bonds. The van der Waals surface area contributed by atoms with E-state index in [1.165, 1.54) is 34.6 Å². The molecule has 0 spiro atoms. The standard InChI is InChI=1S/C29H45NO13/c1-12-8-18(35)27(7)22(28(12,40)11-32)24(42-15(4)34)29(41)9-17(13(2)19(26(29,5)6)21(37)23(27)38)43-25(39)20(36)16(10-31)30-14(3)33/h12,16-18,20-22,24,31-32,35-37,40-41H,8-11H2,1-7H3,(H,30,33)/t12-,16+,17+,18+,20-,21-,22+,24+,27-,28+,29-/m1/s1. The number of carbonyl (C=O) groups is 4. The van der Waals surface area contributed by atoms with E-state index in [0.29, 0.717) is 0 Å². The van der Waals surface area contributed by atoms with E-state index in [9.17, 15) is 54.9 Å². The summed E-state index contributed by atoms with van der Waals surface area (Å²) in [5.41, 5.74) is -8.10. The first-order valence-electron chi connectivity index (χ1n) is 14.3. The summed E-state index contributed by atoms with van der Waals surface area (Å²) < 4.78 is 11.2. The molecular weight excluding hydrogens is 570 g/mol. The van der Waals surface area contributed by atoms with Gasteiger partial charge in [0.2, 0.25) is 5.91 Å². The number of hydrogen-bond donors (Lipinski definition) is 8. The highest BCUT2D eigenvalue weighted by atomic mass is 16.6. The van der Waals surface area contributed by atoms with Gasteiger partial charge < -0.3 is 50.5 Å². The van der Waals surface area contributed by atoms with Gasteiger partial charge in [0.25, 0.3) is 0 Å². The molecule has 0 aromatic rings. The van der Waals surface area contributed by atoms with Gasteiger partial charge in [0.05, 0.1) is 36.4 Å². The summed E-state index contributed by atoms with van der Waals surface area (Å²) in [6.07, 6.45) is -9.47. The average molecular weight is 616 g/mol.